The molecule has 8 heteroatoms. The van der Waals surface area contributed by atoms with Crippen LogP contribution in [-0.2, 0) is 20.5 Å². The first-order valence-corrected chi connectivity index (χ1v) is 10.0. The van der Waals surface area contributed by atoms with Crippen LogP contribution in [0.3, 0.4) is 0 Å². The van der Waals surface area contributed by atoms with Gasteiger partial charge in [-0.2, -0.15) is 13.1 Å². The number of morpholine rings is 1. The summed E-state index contributed by atoms with van der Waals surface area (Å²) >= 11 is 0. The SMILES string of the molecule is CCC(NS(=O)(=O)O)c1ccc2c(c1)C(C)(C)C(N1CCOCC1)O2. The van der Waals surface area contributed by atoms with Gasteiger partial charge in [-0.15, -0.1) is 0 Å². The fourth-order valence-corrected chi connectivity index (χ4v) is 4.34. The number of nitrogens with one attached hydrogen (secondary N) is 1. The maximum atomic E-state index is 11.2. The molecule has 2 atom stereocenters. The number of ether oxygens (including phenoxy) is 2. The first-order chi connectivity index (χ1) is 11.7. The molecule has 0 amide bonds. The summed E-state index contributed by atoms with van der Waals surface area (Å²) in [7, 11) is -4.26. The largest absolute Gasteiger partial charge is 0.474 e. The second kappa shape index (κ2) is 6.85. The summed E-state index contributed by atoms with van der Waals surface area (Å²) in [6, 6.07) is 5.25. The molecule has 2 N–H and O–H groups in total. The highest BCUT2D eigenvalue weighted by Crippen LogP contribution is 2.45. The minimum absolute atomic E-state index is 0.0729. The van der Waals surface area contributed by atoms with Crippen LogP contribution in [0, 0.1) is 0 Å². The van der Waals surface area contributed by atoms with Gasteiger partial charge >= 0.3 is 10.3 Å². The molecule has 7 nitrogen and oxygen atoms in total. The Morgan fingerprint density at radius 3 is 2.64 bits per heavy atom. The number of nitrogens with zero attached hydrogens (tertiary/aromatic N) is 1. The van der Waals surface area contributed by atoms with Crippen molar-refractivity contribution < 1.29 is 22.4 Å². The van der Waals surface area contributed by atoms with E-state index >= 15 is 0 Å². The third-order valence-electron chi connectivity index (χ3n) is 5.03. The predicted octanol–water partition coefficient (Wildman–Crippen LogP) is 1.86. The molecule has 1 aromatic carbocycles. The van der Waals surface area contributed by atoms with Gasteiger partial charge in [0.25, 0.3) is 0 Å². The number of fused-ring (bicyclic) bond motifs is 1. The van der Waals surface area contributed by atoms with Crippen LogP contribution in [0.2, 0.25) is 0 Å². The number of hydrogen-bond donors (Lipinski definition) is 2. The Morgan fingerprint density at radius 1 is 1.36 bits per heavy atom. The van der Waals surface area contributed by atoms with Crippen LogP contribution in [0.5, 0.6) is 5.75 Å². The lowest BCUT2D eigenvalue weighted by Gasteiger charge is -2.38. The van der Waals surface area contributed by atoms with E-state index in [-0.39, 0.29) is 11.6 Å². The van der Waals surface area contributed by atoms with Gasteiger partial charge in [0.2, 0.25) is 0 Å². The minimum atomic E-state index is -4.26. The first kappa shape index (κ1) is 18.6. The number of benzene rings is 1. The maximum absolute atomic E-state index is 11.2. The van der Waals surface area contributed by atoms with Gasteiger partial charge in [-0.05, 0) is 24.1 Å². The summed E-state index contributed by atoms with van der Waals surface area (Å²) in [6.07, 6.45) is 0.462. The van der Waals surface area contributed by atoms with Crippen LogP contribution in [0.15, 0.2) is 18.2 Å². The summed E-state index contributed by atoms with van der Waals surface area (Å²) in [6.45, 7) is 9.21. The van der Waals surface area contributed by atoms with Gasteiger partial charge in [0, 0.05) is 30.1 Å². The van der Waals surface area contributed by atoms with Crippen molar-refractivity contribution in [3.8, 4) is 5.75 Å². The molecule has 0 bridgehead atoms. The van der Waals surface area contributed by atoms with Crippen molar-refractivity contribution in [3.63, 3.8) is 0 Å². The molecule has 0 aromatic heterocycles. The highest BCUT2D eigenvalue weighted by Gasteiger charge is 2.45. The summed E-state index contributed by atoms with van der Waals surface area (Å²) in [5, 5.41) is 0. The molecular formula is C17H26N2O5S. The van der Waals surface area contributed by atoms with Gasteiger partial charge in [0.05, 0.1) is 13.2 Å². The van der Waals surface area contributed by atoms with Gasteiger partial charge < -0.3 is 9.47 Å². The molecule has 0 radical (unpaired) electrons. The summed E-state index contributed by atoms with van der Waals surface area (Å²) < 4.78 is 45.4. The Hall–Kier alpha value is -1.19. The number of rotatable bonds is 5. The molecule has 1 saturated heterocycles. The monoisotopic (exact) mass is 370 g/mol. The maximum Gasteiger partial charge on any atom is 0.333 e. The van der Waals surface area contributed by atoms with Crippen molar-refractivity contribution in [1.29, 1.82) is 0 Å². The molecule has 1 aromatic rings. The van der Waals surface area contributed by atoms with E-state index in [1.54, 1.807) is 0 Å². The van der Waals surface area contributed by atoms with Crippen LogP contribution in [0.25, 0.3) is 0 Å². The van der Waals surface area contributed by atoms with Crippen LogP contribution in [-0.4, -0.2) is 50.4 Å². The standard InChI is InChI=1S/C17H26N2O5S/c1-4-14(18-25(20,21)22)12-5-6-15-13(11-12)17(2,3)16(24-15)19-7-9-23-10-8-19/h5-6,11,14,16,18H,4,7-10H2,1-3H3,(H,20,21,22). The predicted molar refractivity (Wildman–Crippen MR) is 94.0 cm³/mol. The first-order valence-electron chi connectivity index (χ1n) is 8.60. The minimum Gasteiger partial charge on any atom is -0.474 e. The van der Waals surface area contributed by atoms with Gasteiger partial charge in [-0.25, -0.2) is 0 Å². The Bertz CT molecular complexity index is 729. The summed E-state index contributed by atoms with van der Waals surface area (Å²) in [5.41, 5.74) is 1.63. The highest BCUT2D eigenvalue weighted by molar-refractivity contribution is 7.83. The summed E-state index contributed by atoms with van der Waals surface area (Å²) in [5.74, 6) is 0.826. The molecule has 140 valence electrons. The molecule has 0 saturated carbocycles. The Balaban J connectivity index is 1.89. The second-order valence-corrected chi connectivity index (χ2v) is 8.34. The van der Waals surface area contributed by atoms with Gasteiger partial charge in [-0.1, -0.05) is 26.8 Å². The molecule has 2 unspecified atom stereocenters. The molecule has 0 spiro atoms. The zero-order valence-electron chi connectivity index (χ0n) is 14.9. The molecular weight excluding hydrogens is 344 g/mol. The Morgan fingerprint density at radius 2 is 2.04 bits per heavy atom. The quantitative estimate of drug-likeness (QED) is 0.769. The third kappa shape index (κ3) is 3.83. The lowest BCUT2D eigenvalue weighted by Crippen LogP contribution is -2.52. The van der Waals surface area contributed by atoms with Crippen molar-refractivity contribution in [3.05, 3.63) is 29.3 Å². The fourth-order valence-electron chi connectivity index (χ4n) is 3.68. The van der Waals surface area contributed by atoms with Crippen molar-refractivity contribution in [2.24, 2.45) is 0 Å². The molecule has 2 heterocycles. The van der Waals surface area contributed by atoms with Gasteiger partial charge in [-0.3, -0.25) is 9.45 Å². The topological polar surface area (TPSA) is 88.1 Å². The van der Waals surface area contributed by atoms with Crippen LogP contribution in [0.4, 0.5) is 0 Å². The van der Waals surface area contributed by atoms with E-state index in [9.17, 15) is 8.42 Å². The normalized spacial score (nSPS) is 24.6. The van der Waals surface area contributed by atoms with Gasteiger partial charge in [0.15, 0.2) is 6.23 Å². The van der Waals surface area contributed by atoms with E-state index in [2.05, 4.69) is 23.5 Å². The molecule has 1 fully saturated rings. The van der Waals surface area contributed by atoms with E-state index in [1.807, 2.05) is 25.1 Å². The smallest absolute Gasteiger partial charge is 0.333 e. The zero-order chi connectivity index (χ0) is 18.2. The molecule has 25 heavy (non-hydrogen) atoms. The average molecular weight is 370 g/mol. The van der Waals surface area contributed by atoms with E-state index in [0.717, 1.165) is 30.0 Å². The zero-order valence-corrected chi connectivity index (χ0v) is 15.7. The Labute approximate surface area is 149 Å². The van der Waals surface area contributed by atoms with Crippen LogP contribution < -0.4 is 9.46 Å². The molecule has 0 aliphatic carbocycles. The van der Waals surface area contributed by atoms with Crippen molar-refractivity contribution in [2.45, 2.75) is 44.9 Å². The van der Waals surface area contributed by atoms with E-state index in [4.69, 9.17) is 14.0 Å². The fraction of sp³-hybridized carbons (Fsp3) is 0.647. The van der Waals surface area contributed by atoms with Crippen LogP contribution >= 0.6 is 0 Å². The molecule has 2 aliphatic rings. The van der Waals surface area contributed by atoms with Gasteiger partial charge in [0.1, 0.15) is 5.75 Å². The third-order valence-corrected chi connectivity index (χ3v) is 5.62. The van der Waals surface area contributed by atoms with Crippen molar-refractivity contribution in [1.82, 2.24) is 9.62 Å². The number of hydrogen-bond acceptors (Lipinski definition) is 5. The second-order valence-electron chi connectivity index (χ2n) is 7.15. The lowest BCUT2D eigenvalue weighted by molar-refractivity contribution is -0.0612. The highest BCUT2D eigenvalue weighted by atomic mass is 32.2. The van der Waals surface area contributed by atoms with Crippen molar-refractivity contribution >= 4 is 10.3 Å². The van der Waals surface area contributed by atoms with E-state index in [1.165, 1.54) is 0 Å². The van der Waals surface area contributed by atoms with E-state index < -0.39 is 16.3 Å². The van der Waals surface area contributed by atoms with Crippen LogP contribution in [0.1, 0.15) is 44.4 Å². The average Bonchev–Trinajstić information content (AvgIpc) is 2.83. The van der Waals surface area contributed by atoms with Crippen molar-refractivity contribution in [2.75, 3.05) is 26.3 Å². The van der Waals surface area contributed by atoms with E-state index in [0.29, 0.717) is 19.6 Å². The Kier molecular flexibility index (Phi) is 5.09. The lowest BCUT2D eigenvalue weighted by atomic mass is 9.82. The molecule has 3 rings (SSSR count). The molecule has 2 aliphatic heterocycles. The summed E-state index contributed by atoms with van der Waals surface area (Å²) in [4.78, 5) is 2.29.